The molecule has 0 amide bonds. The van der Waals surface area contributed by atoms with Crippen molar-refractivity contribution >= 4 is 6.29 Å². The lowest BCUT2D eigenvalue weighted by molar-refractivity contribution is -0.112. The largest absolute Gasteiger partial charge is 0.306 e. The standard InChI is InChI=1S/C7H13NO.C3H8/c1-8-4-2-7(6-9)3-5-8;1-3-2/h6-7H,2-5H2,1H3;3H2,1-2H3. The molecule has 0 unspecified atom stereocenters. The summed E-state index contributed by atoms with van der Waals surface area (Å²) >= 11 is 0. The summed E-state index contributed by atoms with van der Waals surface area (Å²) in [4.78, 5) is 12.5. The third kappa shape index (κ3) is 5.30. The Morgan fingerprint density at radius 1 is 1.33 bits per heavy atom. The van der Waals surface area contributed by atoms with E-state index in [0.717, 1.165) is 32.2 Å². The van der Waals surface area contributed by atoms with Gasteiger partial charge in [0.25, 0.3) is 0 Å². The van der Waals surface area contributed by atoms with Crippen LogP contribution in [0.2, 0.25) is 0 Å². The van der Waals surface area contributed by atoms with Gasteiger partial charge in [0, 0.05) is 5.92 Å². The zero-order valence-corrected chi connectivity index (χ0v) is 8.55. The third-order valence-electron chi connectivity index (χ3n) is 1.96. The van der Waals surface area contributed by atoms with Gasteiger partial charge in [-0.1, -0.05) is 20.3 Å². The third-order valence-corrected chi connectivity index (χ3v) is 1.96. The number of piperidine rings is 1. The highest BCUT2D eigenvalue weighted by Gasteiger charge is 2.14. The minimum atomic E-state index is 0.348. The summed E-state index contributed by atoms with van der Waals surface area (Å²) < 4.78 is 0. The highest BCUT2D eigenvalue weighted by molar-refractivity contribution is 5.53. The van der Waals surface area contributed by atoms with Gasteiger partial charge in [0.15, 0.2) is 0 Å². The number of hydrogen-bond donors (Lipinski definition) is 0. The van der Waals surface area contributed by atoms with Crippen molar-refractivity contribution in [2.75, 3.05) is 20.1 Å². The molecule has 0 aromatic rings. The quantitative estimate of drug-likeness (QED) is 0.562. The second kappa shape index (κ2) is 7.29. The lowest BCUT2D eigenvalue weighted by Crippen LogP contribution is -2.30. The van der Waals surface area contributed by atoms with Crippen molar-refractivity contribution in [1.29, 1.82) is 0 Å². The smallest absolute Gasteiger partial charge is 0.123 e. The second-order valence-corrected chi connectivity index (χ2v) is 3.48. The van der Waals surface area contributed by atoms with Crippen LogP contribution in [0.4, 0.5) is 0 Å². The first-order valence-corrected chi connectivity index (χ1v) is 4.88. The van der Waals surface area contributed by atoms with Crippen LogP contribution in [-0.4, -0.2) is 31.3 Å². The molecule has 0 spiro atoms. The summed E-state index contributed by atoms with van der Waals surface area (Å²) in [6, 6.07) is 0. The number of rotatable bonds is 1. The number of aldehydes is 1. The minimum Gasteiger partial charge on any atom is -0.306 e. The monoisotopic (exact) mass is 171 g/mol. The van der Waals surface area contributed by atoms with E-state index < -0.39 is 0 Å². The zero-order chi connectivity index (χ0) is 9.40. The molecule has 2 heteroatoms. The number of hydrogen-bond acceptors (Lipinski definition) is 2. The first kappa shape index (κ1) is 11.6. The Hall–Kier alpha value is -0.370. The summed E-state index contributed by atoms with van der Waals surface area (Å²) in [5.74, 6) is 0.348. The average Bonchev–Trinajstić information content (AvgIpc) is 2.07. The molecule has 72 valence electrons. The fourth-order valence-corrected chi connectivity index (χ4v) is 1.16. The van der Waals surface area contributed by atoms with Gasteiger partial charge in [-0.25, -0.2) is 0 Å². The van der Waals surface area contributed by atoms with Gasteiger partial charge >= 0.3 is 0 Å². The van der Waals surface area contributed by atoms with Crippen molar-refractivity contribution in [3.8, 4) is 0 Å². The SMILES string of the molecule is CCC.CN1CCC(C=O)CC1. The number of likely N-dealkylation sites (tertiary alicyclic amines) is 1. The summed E-state index contributed by atoms with van der Waals surface area (Å²) in [5.41, 5.74) is 0. The maximum Gasteiger partial charge on any atom is 0.123 e. The molecule has 0 N–H and O–H groups in total. The van der Waals surface area contributed by atoms with Gasteiger partial charge in [-0.3, -0.25) is 0 Å². The molecule has 0 bridgehead atoms. The van der Waals surface area contributed by atoms with E-state index >= 15 is 0 Å². The average molecular weight is 171 g/mol. The van der Waals surface area contributed by atoms with Crippen molar-refractivity contribution < 1.29 is 4.79 Å². The van der Waals surface area contributed by atoms with Gasteiger partial charge in [-0.2, -0.15) is 0 Å². The molecule has 0 atom stereocenters. The van der Waals surface area contributed by atoms with Crippen LogP contribution in [0, 0.1) is 5.92 Å². The predicted octanol–water partition coefficient (Wildman–Crippen LogP) is 1.94. The molecule has 12 heavy (non-hydrogen) atoms. The maximum atomic E-state index is 10.2. The van der Waals surface area contributed by atoms with Gasteiger partial charge in [0.05, 0.1) is 0 Å². The molecule has 1 heterocycles. The van der Waals surface area contributed by atoms with E-state index in [1.54, 1.807) is 0 Å². The van der Waals surface area contributed by atoms with Crippen molar-refractivity contribution in [3.63, 3.8) is 0 Å². The Balaban J connectivity index is 0.000000354. The van der Waals surface area contributed by atoms with Crippen LogP contribution in [-0.2, 0) is 4.79 Å². The van der Waals surface area contributed by atoms with Crippen LogP contribution in [0.25, 0.3) is 0 Å². The molecular formula is C10H21NO. The van der Waals surface area contributed by atoms with Crippen LogP contribution in [0.5, 0.6) is 0 Å². The second-order valence-electron chi connectivity index (χ2n) is 3.48. The fourth-order valence-electron chi connectivity index (χ4n) is 1.16. The first-order chi connectivity index (χ1) is 5.74. The van der Waals surface area contributed by atoms with Crippen LogP contribution in [0.1, 0.15) is 33.1 Å². The lowest BCUT2D eigenvalue weighted by Gasteiger charge is -2.25. The van der Waals surface area contributed by atoms with E-state index in [1.165, 1.54) is 6.42 Å². The van der Waals surface area contributed by atoms with Crippen molar-refractivity contribution in [3.05, 3.63) is 0 Å². The number of carbonyl (C=O) groups excluding carboxylic acids is 1. The Bertz CT molecular complexity index is 106. The van der Waals surface area contributed by atoms with E-state index in [4.69, 9.17) is 0 Å². The Kier molecular flexibility index (Phi) is 7.06. The normalized spacial score (nSPS) is 19.6. The van der Waals surface area contributed by atoms with Gasteiger partial charge in [-0.15, -0.1) is 0 Å². The van der Waals surface area contributed by atoms with Gasteiger partial charge in [0.1, 0.15) is 6.29 Å². The van der Waals surface area contributed by atoms with Gasteiger partial charge < -0.3 is 9.69 Å². The number of carbonyl (C=O) groups is 1. The topological polar surface area (TPSA) is 20.3 Å². The summed E-state index contributed by atoms with van der Waals surface area (Å²) in [6.45, 7) is 6.42. The van der Waals surface area contributed by atoms with E-state index in [-0.39, 0.29) is 0 Å². The molecule has 0 radical (unpaired) electrons. The van der Waals surface area contributed by atoms with E-state index in [9.17, 15) is 4.79 Å². The van der Waals surface area contributed by atoms with E-state index in [2.05, 4.69) is 25.8 Å². The Labute approximate surface area is 75.9 Å². The molecular weight excluding hydrogens is 150 g/mol. The zero-order valence-electron chi connectivity index (χ0n) is 8.55. The van der Waals surface area contributed by atoms with E-state index in [1.807, 2.05) is 0 Å². The Morgan fingerprint density at radius 2 is 1.75 bits per heavy atom. The summed E-state index contributed by atoms with van der Waals surface area (Å²) in [5, 5.41) is 0. The molecule has 1 aliphatic rings. The molecule has 1 saturated heterocycles. The molecule has 0 aliphatic carbocycles. The molecule has 0 saturated carbocycles. The summed E-state index contributed by atoms with van der Waals surface area (Å²) in [7, 11) is 2.10. The van der Waals surface area contributed by atoms with Crippen molar-refractivity contribution in [2.45, 2.75) is 33.1 Å². The van der Waals surface area contributed by atoms with Crippen LogP contribution in [0.3, 0.4) is 0 Å². The Morgan fingerprint density at radius 3 is 2.08 bits per heavy atom. The van der Waals surface area contributed by atoms with Crippen LogP contribution >= 0.6 is 0 Å². The van der Waals surface area contributed by atoms with Gasteiger partial charge in [-0.05, 0) is 33.0 Å². The predicted molar refractivity (Wildman–Crippen MR) is 52.3 cm³/mol. The highest BCUT2D eigenvalue weighted by atomic mass is 16.1. The van der Waals surface area contributed by atoms with E-state index in [0.29, 0.717) is 5.92 Å². The fraction of sp³-hybridized carbons (Fsp3) is 0.900. The van der Waals surface area contributed by atoms with Gasteiger partial charge in [0.2, 0.25) is 0 Å². The molecule has 1 fully saturated rings. The first-order valence-electron chi connectivity index (χ1n) is 4.88. The minimum absolute atomic E-state index is 0.348. The number of nitrogens with zero attached hydrogens (tertiary/aromatic N) is 1. The molecule has 0 aromatic heterocycles. The maximum absolute atomic E-state index is 10.2. The van der Waals surface area contributed by atoms with Crippen LogP contribution < -0.4 is 0 Å². The lowest BCUT2D eigenvalue weighted by atomic mass is 9.99. The van der Waals surface area contributed by atoms with Crippen molar-refractivity contribution in [2.24, 2.45) is 5.92 Å². The molecule has 1 rings (SSSR count). The van der Waals surface area contributed by atoms with Crippen LogP contribution in [0.15, 0.2) is 0 Å². The van der Waals surface area contributed by atoms with Crippen molar-refractivity contribution in [1.82, 2.24) is 4.90 Å². The molecule has 1 aliphatic heterocycles. The highest BCUT2D eigenvalue weighted by Crippen LogP contribution is 2.12. The molecule has 2 nitrogen and oxygen atoms in total. The molecule has 0 aromatic carbocycles. The summed E-state index contributed by atoms with van der Waals surface area (Å²) in [6.07, 6.45) is 4.45.